The Bertz CT molecular complexity index is 730. The Labute approximate surface area is 131 Å². The fourth-order valence-electron chi connectivity index (χ4n) is 2.20. The average molecular weight is 320 g/mol. The second kappa shape index (κ2) is 6.87. The van der Waals surface area contributed by atoms with Crippen molar-refractivity contribution >= 4 is 11.9 Å². The number of methoxy groups -OCH3 is 1. The van der Waals surface area contributed by atoms with E-state index in [2.05, 4.69) is 4.74 Å². The molecule has 0 amide bonds. The van der Waals surface area contributed by atoms with Crippen LogP contribution in [-0.4, -0.2) is 34.4 Å². The van der Waals surface area contributed by atoms with Crippen molar-refractivity contribution in [2.24, 2.45) is 0 Å². The molecule has 0 aliphatic rings. The molecule has 1 heterocycles. The summed E-state index contributed by atoms with van der Waals surface area (Å²) in [4.78, 5) is 22.1. The summed E-state index contributed by atoms with van der Waals surface area (Å²) in [6, 6.07) is 5.65. The predicted molar refractivity (Wildman–Crippen MR) is 79.2 cm³/mol. The maximum atomic E-state index is 11.5. The zero-order valence-electron chi connectivity index (χ0n) is 12.4. The largest absolute Gasteiger partial charge is 0.508 e. The van der Waals surface area contributed by atoms with Crippen LogP contribution in [-0.2, 0) is 27.2 Å². The lowest BCUT2D eigenvalue weighted by Crippen LogP contribution is -2.05. The lowest BCUT2D eigenvalue weighted by atomic mass is 10.0. The molecule has 2 rings (SSSR count). The van der Waals surface area contributed by atoms with Gasteiger partial charge in [-0.05, 0) is 23.8 Å². The van der Waals surface area contributed by atoms with Gasteiger partial charge in [-0.3, -0.25) is 9.59 Å². The Morgan fingerprint density at radius 1 is 1.22 bits per heavy atom. The Morgan fingerprint density at radius 2 is 1.96 bits per heavy atom. The zero-order chi connectivity index (χ0) is 17.0. The predicted octanol–water partition coefficient (Wildman–Crippen LogP) is 2.09. The summed E-state index contributed by atoms with van der Waals surface area (Å²) in [6.07, 6.45) is -0.0248. The van der Waals surface area contributed by atoms with E-state index in [4.69, 9.17) is 9.52 Å². The molecule has 0 saturated carbocycles. The first kappa shape index (κ1) is 16.4. The molecule has 0 saturated heterocycles. The number of esters is 1. The summed E-state index contributed by atoms with van der Waals surface area (Å²) in [6.45, 7) is 0. The van der Waals surface area contributed by atoms with Crippen LogP contribution in [0.2, 0.25) is 0 Å². The highest BCUT2D eigenvalue weighted by Crippen LogP contribution is 2.37. The molecular weight excluding hydrogens is 304 g/mol. The van der Waals surface area contributed by atoms with Crippen molar-refractivity contribution in [2.75, 3.05) is 7.11 Å². The van der Waals surface area contributed by atoms with Crippen molar-refractivity contribution in [1.82, 2.24) is 0 Å². The van der Waals surface area contributed by atoms with E-state index in [1.165, 1.54) is 13.2 Å². The second-order valence-corrected chi connectivity index (χ2v) is 4.91. The van der Waals surface area contributed by atoms with Gasteiger partial charge >= 0.3 is 11.9 Å². The minimum Gasteiger partial charge on any atom is -0.508 e. The van der Waals surface area contributed by atoms with E-state index in [-0.39, 0.29) is 42.1 Å². The Morgan fingerprint density at radius 3 is 2.61 bits per heavy atom. The van der Waals surface area contributed by atoms with Gasteiger partial charge in [-0.1, -0.05) is 0 Å². The molecule has 0 aliphatic carbocycles. The molecule has 1 aromatic heterocycles. The summed E-state index contributed by atoms with van der Waals surface area (Å²) in [5.41, 5.74) is 0.600. The number of aliphatic carboxylic acids is 1. The van der Waals surface area contributed by atoms with E-state index in [9.17, 15) is 19.8 Å². The number of carboxylic acids is 1. The number of phenolic OH excluding ortho intramolecular Hbond substituents is 2. The first-order chi connectivity index (χ1) is 10.9. The van der Waals surface area contributed by atoms with Gasteiger partial charge in [0, 0.05) is 12.5 Å². The molecular formula is C16H16O7. The monoisotopic (exact) mass is 320 g/mol. The smallest absolute Gasteiger partial charge is 0.310 e. The first-order valence-corrected chi connectivity index (χ1v) is 6.83. The number of carboxylic acid groups (broad SMARTS) is 1. The van der Waals surface area contributed by atoms with Crippen molar-refractivity contribution in [2.45, 2.75) is 19.3 Å². The third-order valence-corrected chi connectivity index (χ3v) is 3.24. The maximum absolute atomic E-state index is 11.5. The molecule has 0 bridgehead atoms. The van der Waals surface area contributed by atoms with Crippen molar-refractivity contribution in [1.29, 1.82) is 0 Å². The molecule has 7 heteroatoms. The lowest BCUT2D eigenvalue weighted by molar-refractivity contribution is -0.140. The molecule has 0 fully saturated rings. The van der Waals surface area contributed by atoms with E-state index in [0.29, 0.717) is 11.3 Å². The van der Waals surface area contributed by atoms with Gasteiger partial charge in [0.05, 0.1) is 25.5 Å². The van der Waals surface area contributed by atoms with Gasteiger partial charge in [0.15, 0.2) is 0 Å². The summed E-state index contributed by atoms with van der Waals surface area (Å²) >= 11 is 0. The number of furan rings is 1. The molecule has 0 spiro atoms. The molecule has 2 aromatic rings. The van der Waals surface area contributed by atoms with E-state index in [1.54, 1.807) is 12.1 Å². The topological polar surface area (TPSA) is 117 Å². The van der Waals surface area contributed by atoms with Crippen LogP contribution in [0.1, 0.15) is 17.7 Å². The highest BCUT2D eigenvalue weighted by atomic mass is 16.5. The number of rotatable bonds is 6. The first-order valence-electron chi connectivity index (χ1n) is 6.83. The van der Waals surface area contributed by atoms with Crippen molar-refractivity contribution < 1.29 is 34.1 Å². The number of hydrogen-bond acceptors (Lipinski definition) is 6. The lowest BCUT2D eigenvalue weighted by Gasteiger charge is -2.10. The van der Waals surface area contributed by atoms with Crippen LogP contribution >= 0.6 is 0 Å². The van der Waals surface area contributed by atoms with Gasteiger partial charge in [0.1, 0.15) is 23.0 Å². The molecule has 0 radical (unpaired) electrons. The molecule has 3 N–H and O–H groups in total. The third kappa shape index (κ3) is 4.03. The van der Waals surface area contributed by atoms with Crippen LogP contribution in [0.3, 0.4) is 0 Å². The molecule has 1 aromatic carbocycles. The van der Waals surface area contributed by atoms with Gasteiger partial charge in [-0.2, -0.15) is 0 Å². The number of phenols is 2. The van der Waals surface area contributed by atoms with Crippen LogP contribution < -0.4 is 0 Å². The Kier molecular flexibility index (Phi) is 4.90. The molecule has 0 unspecified atom stereocenters. The van der Waals surface area contributed by atoms with Crippen molar-refractivity contribution in [3.63, 3.8) is 0 Å². The van der Waals surface area contributed by atoms with E-state index < -0.39 is 11.9 Å². The Balaban J connectivity index is 2.37. The fourth-order valence-corrected chi connectivity index (χ4v) is 2.20. The number of aryl methyl sites for hydroxylation is 1. The van der Waals surface area contributed by atoms with Gasteiger partial charge in [-0.15, -0.1) is 0 Å². The molecule has 23 heavy (non-hydrogen) atoms. The summed E-state index contributed by atoms with van der Waals surface area (Å²) in [7, 11) is 1.24. The number of aromatic hydroxyl groups is 2. The van der Waals surface area contributed by atoms with E-state index in [1.807, 2.05) is 0 Å². The number of ether oxygens (including phenoxy) is 1. The summed E-state index contributed by atoms with van der Waals surface area (Å²) < 4.78 is 10.1. The van der Waals surface area contributed by atoms with Crippen LogP contribution in [0.15, 0.2) is 28.7 Å². The molecule has 0 atom stereocenters. The molecule has 0 aliphatic heterocycles. The second-order valence-electron chi connectivity index (χ2n) is 4.91. The van der Waals surface area contributed by atoms with Gasteiger partial charge in [-0.25, -0.2) is 0 Å². The van der Waals surface area contributed by atoms with Crippen LogP contribution in [0.25, 0.3) is 11.3 Å². The van der Waals surface area contributed by atoms with Gasteiger partial charge in [0.2, 0.25) is 0 Å². The van der Waals surface area contributed by atoms with Crippen molar-refractivity contribution in [3.8, 4) is 22.8 Å². The van der Waals surface area contributed by atoms with E-state index >= 15 is 0 Å². The van der Waals surface area contributed by atoms with Crippen LogP contribution in [0.5, 0.6) is 11.5 Å². The molecule has 122 valence electrons. The highest BCUT2D eigenvalue weighted by molar-refractivity contribution is 5.79. The number of benzene rings is 1. The number of hydrogen-bond donors (Lipinski definition) is 3. The summed E-state index contributed by atoms with van der Waals surface area (Å²) in [5.74, 6) is -1.19. The summed E-state index contributed by atoms with van der Waals surface area (Å²) in [5, 5.41) is 28.3. The van der Waals surface area contributed by atoms with Gasteiger partial charge < -0.3 is 24.5 Å². The minimum atomic E-state index is -0.943. The SMILES string of the molecule is COC(=O)Cc1cc(O)cc(O)c1-c1ccc(CCC(=O)O)o1. The highest BCUT2D eigenvalue weighted by Gasteiger charge is 2.18. The fraction of sp³-hybridized carbons (Fsp3) is 0.250. The zero-order valence-corrected chi connectivity index (χ0v) is 12.4. The number of carbonyl (C=O) groups excluding carboxylic acids is 1. The van der Waals surface area contributed by atoms with Gasteiger partial charge in [0.25, 0.3) is 0 Å². The maximum Gasteiger partial charge on any atom is 0.310 e. The normalized spacial score (nSPS) is 10.5. The average Bonchev–Trinajstić information content (AvgIpc) is 2.92. The standard InChI is InChI=1S/C16H16O7/c1-22-15(21)7-9-6-10(17)8-12(18)16(9)13-4-2-11(23-13)3-5-14(19)20/h2,4,6,8,17-18H,3,5,7H2,1H3,(H,19,20). The van der Waals surface area contributed by atoms with Crippen molar-refractivity contribution in [3.05, 3.63) is 35.6 Å². The minimum absolute atomic E-state index is 0.0798. The van der Waals surface area contributed by atoms with E-state index in [0.717, 1.165) is 6.07 Å². The Hall–Kier alpha value is -2.96. The third-order valence-electron chi connectivity index (χ3n) is 3.24. The quantitative estimate of drug-likeness (QED) is 0.697. The number of carbonyl (C=O) groups is 2. The van der Waals surface area contributed by atoms with Crippen LogP contribution in [0.4, 0.5) is 0 Å². The molecule has 7 nitrogen and oxygen atoms in total. The van der Waals surface area contributed by atoms with Crippen LogP contribution in [0, 0.1) is 0 Å².